The molecule has 3 rings (SSSR count). The minimum atomic E-state index is -0.182. The normalized spacial score (nSPS) is 17.1. The quantitative estimate of drug-likeness (QED) is 0.893. The molecular weight excluding hydrogens is 320 g/mol. The first-order valence-electron chi connectivity index (χ1n) is 8.64. The fourth-order valence-electron chi connectivity index (χ4n) is 2.85. The molecule has 0 bridgehead atoms. The number of para-hydroxylation sites is 2. The van der Waals surface area contributed by atoms with Crippen LogP contribution in [0, 0.1) is 12.8 Å². The first kappa shape index (κ1) is 17.3. The minimum Gasteiger partial charge on any atom is -0.491 e. The molecule has 25 heavy (non-hydrogen) atoms. The van der Waals surface area contributed by atoms with E-state index in [-0.39, 0.29) is 12.1 Å². The van der Waals surface area contributed by atoms with Crippen molar-refractivity contribution in [1.82, 2.24) is 15.1 Å². The number of benzene rings is 1. The van der Waals surface area contributed by atoms with E-state index in [2.05, 4.69) is 29.4 Å². The predicted octanol–water partition coefficient (Wildman–Crippen LogP) is 3.78. The predicted molar refractivity (Wildman–Crippen MR) is 93.5 cm³/mol. The molecule has 1 aliphatic rings. The van der Waals surface area contributed by atoms with E-state index in [1.165, 1.54) is 0 Å². The van der Waals surface area contributed by atoms with Crippen LogP contribution in [-0.2, 0) is 0 Å². The largest absolute Gasteiger partial charge is 0.491 e. The summed E-state index contributed by atoms with van der Waals surface area (Å²) in [7, 11) is 0. The van der Waals surface area contributed by atoms with Crippen molar-refractivity contribution in [3.8, 4) is 5.75 Å². The lowest BCUT2D eigenvalue weighted by atomic mass is 10.2. The second kappa shape index (κ2) is 7.55. The van der Waals surface area contributed by atoms with Crippen molar-refractivity contribution >= 4 is 11.7 Å². The summed E-state index contributed by atoms with van der Waals surface area (Å²) in [5, 5.41) is 10.9. The van der Waals surface area contributed by atoms with E-state index in [0.29, 0.717) is 42.3 Å². The Kier molecular flexibility index (Phi) is 5.21. The van der Waals surface area contributed by atoms with Gasteiger partial charge in [-0.3, -0.25) is 0 Å². The van der Waals surface area contributed by atoms with Crippen molar-refractivity contribution in [1.29, 1.82) is 0 Å². The molecule has 1 atom stereocenters. The third-order valence-electron chi connectivity index (χ3n) is 4.04. The van der Waals surface area contributed by atoms with Crippen molar-refractivity contribution in [2.24, 2.45) is 5.92 Å². The summed E-state index contributed by atoms with van der Waals surface area (Å²) in [6.07, 6.45) is 1.73. The Morgan fingerprint density at radius 1 is 1.40 bits per heavy atom. The van der Waals surface area contributed by atoms with Crippen LogP contribution in [-0.4, -0.2) is 34.3 Å². The average molecular weight is 344 g/mol. The zero-order chi connectivity index (χ0) is 17.8. The highest BCUT2D eigenvalue weighted by molar-refractivity contribution is 5.91. The number of anilines is 1. The summed E-state index contributed by atoms with van der Waals surface area (Å²) < 4.78 is 11.3. The van der Waals surface area contributed by atoms with Gasteiger partial charge in [0, 0.05) is 13.5 Å². The molecule has 0 unspecified atom stereocenters. The van der Waals surface area contributed by atoms with Gasteiger partial charge in [0.05, 0.1) is 12.3 Å². The number of aromatic nitrogens is 2. The standard InChI is InChI=1S/C18H24N4O3/c1-12(2)11-24-16-9-5-4-7-14(16)19-18(23)22-10-6-8-15(22)17-21-20-13(3)25-17/h4-5,7,9,12,15H,6,8,10-11H2,1-3H3,(H,19,23)/t15-/m1/s1. The van der Waals surface area contributed by atoms with Crippen molar-refractivity contribution in [3.63, 3.8) is 0 Å². The first-order chi connectivity index (χ1) is 12.0. The van der Waals surface area contributed by atoms with Crippen LogP contribution in [0.4, 0.5) is 10.5 Å². The van der Waals surface area contributed by atoms with Crippen LogP contribution in [0.3, 0.4) is 0 Å². The maximum atomic E-state index is 12.8. The van der Waals surface area contributed by atoms with Gasteiger partial charge in [-0.25, -0.2) is 4.79 Å². The van der Waals surface area contributed by atoms with E-state index in [0.717, 1.165) is 12.8 Å². The molecule has 0 aliphatic carbocycles. The zero-order valence-electron chi connectivity index (χ0n) is 14.9. The SMILES string of the molecule is Cc1nnc([C@H]2CCCN2C(=O)Nc2ccccc2OCC(C)C)o1. The molecular formula is C18H24N4O3. The number of nitrogens with one attached hydrogen (secondary N) is 1. The summed E-state index contributed by atoms with van der Waals surface area (Å²) in [6.45, 7) is 7.18. The number of carbonyl (C=O) groups excluding carboxylic acids is 1. The Morgan fingerprint density at radius 2 is 2.20 bits per heavy atom. The highest BCUT2D eigenvalue weighted by Gasteiger charge is 2.34. The average Bonchev–Trinajstić information content (AvgIpc) is 3.22. The molecule has 7 heteroatoms. The second-order valence-corrected chi connectivity index (χ2v) is 6.64. The second-order valence-electron chi connectivity index (χ2n) is 6.64. The number of amides is 2. The smallest absolute Gasteiger partial charge is 0.322 e. The van der Waals surface area contributed by atoms with Crippen molar-refractivity contribution in [2.45, 2.75) is 39.7 Å². The van der Waals surface area contributed by atoms with Crippen LogP contribution < -0.4 is 10.1 Å². The van der Waals surface area contributed by atoms with Crippen LogP contribution >= 0.6 is 0 Å². The van der Waals surface area contributed by atoms with E-state index < -0.39 is 0 Å². The molecule has 1 aromatic heterocycles. The minimum absolute atomic E-state index is 0.176. The van der Waals surface area contributed by atoms with E-state index >= 15 is 0 Å². The number of hydrogen-bond donors (Lipinski definition) is 1. The summed E-state index contributed by atoms with van der Waals surface area (Å²) in [6, 6.07) is 7.12. The van der Waals surface area contributed by atoms with Gasteiger partial charge in [-0.1, -0.05) is 26.0 Å². The Morgan fingerprint density at radius 3 is 2.92 bits per heavy atom. The van der Waals surface area contributed by atoms with Crippen molar-refractivity contribution in [2.75, 3.05) is 18.5 Å². The monoisotopic (exact) mass is 344 g/mol. The molecule has 1 saturated heterocycles. The van der Waals surface area contributed by atoms with Gasteiger partial charge in [0.15, 0.2) is 0 Å². The molecule has 7 nitrogen and oxygen atoms in total. The van der Waals surface area contributed by atoms with Crippen molar-refractivity contribution in [3.05, 3.63) is 36.0 Å². The third kappa shape index (κ3) is 4.10. The maximum Gasteiger partial charge on any atom is 0.322 e. The number of urea groups is 1. The van der Waals surface area contributed by atoms with Crippen LogP contribution in [0.2, 0.25) is 0 Å². The fraction of sp³-hybridized carbons (Fsp3) is 0.500. The van der Waals surface area contributed by atoms with Gasteiger partial charge in [0.2, 0.25) is 11.8 Å². The van der Waals surface area contributed by atoms with Gasteiger partial charge in [-0.05, 0) is 30.9 Å². The number of ether oxygens (including phenoxy) is 1. The summed E-state index contributed by atoms with van der Waals surface area (Å²) in [5.41, 5.74) is 0.667. The fourth-order valence-corrected chi connectivity index (χ4v) is 2.85. The summed E-state index contributed by atoms with van der Waals surface area (Å²) in [5.74, 6) is 2.09. The third-order valence-corrected chi connectivity index (χ3v) is 4.04. The van der Waals surface area contributed by atoms with Gasteiger partial charge >= 0.3 is 6.03 Å². The van der Waals surface area contributed by atoms with E-state index in [4.69, 9.17) is 9.15 Å². The molecule has 1 fully saturated rings. The number of hydrogen-bond acceptors (Lipinski definition) is 5. The molecule has 134 valence electrons. The molecule has 1 aliphatic heterocycles. The van der Waals surface area contributed by atoms with Crippen LogP contribution in [0.1, 0.15) is 44.5 Å². The molecule has 2 amide bonds. The molecule has 1 aromatic carbocycles. The molecule has 2 heterocycles. The summed E-state index contributed by atoms with van der Waals surface area (Å²) in [4.78, 5) is 14.5. The lowest BCUT2D eigenvalue weighted by molar-refractivity contribution is 0.197. The van der Waals surface area contributed by atoms with Gasteiger partial charge in [-0.15, -0.1) is 10.2 Å². The number of aryl methyl sites for hydroxylation is 1. The van der Waals surface area contributed by atoms with E-state index in [1.807, 2.05) is 24.3 Å². The first-order valence-corrected chi connectivity index (χ1v) is 8.64. The van der Waals surface area contributed by atoms with Gasteiger partial charge < -0.3 is 19.4 Å². The van der Waals surface area contributed by atoms with Crippen LogP contribution in [0.25, 0.3) is 0 Å². The lowest BCUT2D eigenvalue weighted by Crippen LogP contribution is -2.34. The lowest BCUT2D eigenvalue weighted by Gasteiger charge is -2.23. The zero-order valence-corrected chi connectivity index (χ0v) is 14.9. The van der Waals surface area contributed by atoms with Gasteiger partial charge in [-0.2, -0.15) is 0 Å². The summed E-state index contributed by atoms with van der Waals surface area (Å²) >= 11 is 0. The highest BCUT2D eigenvalue weighted by atomic mass is 16.5. The van der Waals surface area contributed by atoms with E-state index in [1.54, 1.807) is 11.8 Å². The van der Waals surface area contributed by atoms with Gasteiger partial charge in [0.1, 0.15) is 11.8 Å². The van der Waals surface area contributed by atoms with Crippen molar-refractivity contribution < 1.29 is 13.9 Å². The number of likely N-dealkylation sites (tertiary alicyclic amines) is 1. The topological polar surface area (TPSA) is 80.5 Å². The van der Waals surface area contributed by atoms with Crippen LogP contribution in [0.15, 0.2) is 28.7 Å². The Balaban J connectivity index is 1.71. The number of nitrogens with zero attached hydrogens (tertiary/aromatic N) is 3. The molecule has 0 radical (unpaired) electrons. The Bertz CT molecular complexity index is 729. The molecule has 0 saturated carbocycles. The Hall–Kier alpha value is -2.57. The van der Waals surface area contributed by atoms with E-state index in [9.17, 15) is 4.79 Å². The number of rotatable bonds is 5. The molecule has 1 N–H and O–H groups in total. The van der Waals surface area contributed by atoms with Crippen LogP contribution in [0.5, 0.6) is 5.75 Å². The Labute approximate surface area is 147 Å². The maximum absolute atomic E-state index is 12.8. The molecule has 0 spiro atoms. The molecule has 2 aromatic rings. The number of carbonyl (C=O) groups is 1. The highest BCUT2D eigenvalue weighted by Crippen LogP contribution is 2.32. The van der Waals surface area contributed by atoms with Gasteiger partial charge in [0.25, 0.3) is 0 Å².